The van der Waals surface area contributed by atoms with Crippen LogP contribution in [0.1, 0.15) is 20.8 Å². The molecule has 0 aliphatic carbocycles. The highest BCUT2D eigenvalue weighted by Gasteiger charge is 2.49. The molecule has 1 aromatic rings. The second kappa shape index (κ2) is 6.14. The first kappa shape index (κ1) is 17.9. The van der Waals surface area contributed by atoms with Crippen LogP contribution in [0.2, 0.25) is 0 Å². The molecule has 0 saturated carbocycles. The molecule has 2 aliphatic rings. The Bertz CT molecular complexity index is 798. The molecule has 2 heterocycles. The highest BCUT2D eigenvalue weighted by Crippen LogP contribution is 2.41. The molecule has 0 bridgehead atoms. The summed E-state index contributed by atoms with van der Waals surface area (Å²) in [6.07, 6.45) is 0. The van der Waals surface area contributed by atoms with Gasteiger partial charge in [0.1, 0.15) is 0 Å². The summed E-state index contributed by atoms with van der Waals surface area (Å²) < 4.78 is 25.0. The summed E-state index contributed by atoms with van der Waals surface area (Å²) in [6.45, 7) is 5.48. The van der Waals surface area contributed by atoms with E-state index in [1.807, 2.05) is 49.9 Å². The van der Waals surface area contributed by atoms with Crippen molar-refractivity contribution in [3.8, 4) is 0 Å². The van der Waals surface area contributed by atoms with Gasteiger partial charge < -0.3 is 4.90 Å². The van der Waals surface area contributed by atoms with Gasteiger partial charge in [0.25, 0.3) is 5.91 Å². The number of thioether (sulfide) groups is 1. The van der Waals surface area contributed by atoms with E-state index in [-0.39, 0.29) is 28.7 Å². The Morgan fingerprint density at radius 2 is 1.88 bits per heavy atom. The van der Waals surface area contributed by atoms with Gasteiger partial charge in [0, 0.05) is 20.8 Å². The van der Waals surface area contributed by atoms with Gasteiger partial charge in [-0.2, -0.15) is 4.99 Å². The zero-order valence-electron chi connectivity index (χ0n) is 13.7. The van der Waals surface area contributed by atoms with Crippen LogP contribution in [-0.4, -0.2) is 42.3 Å². The Kier molecular flexibility index (Phi) is 4.59. The van der Waals surface area contributed by atoms with Crippen LogP contribution in [-0.2, 0) is 14.6 Å². The quantitative estimate of drug-likeness (QED) is 0.684. The molecule has 0 spiro atoms. The number of aliphatic imine (C=N–C) groups is 1. The maximum atomic E-state index is 12.3. The van der Waals surface area contributed by atoms with E-state index in [4.69, 9.17) is 0 Å². The fourth-order valence-corrected chi connectivity index (χ4v) is 6.90. The maximum Gasteiger partial charge on any atom is 0.253 e. The molecule has 1 amide bonds. The fraction of sp³-hybridized carbons (Fsp3) is 0.500. The van der Waals surface area contributed by atoms with Crippen molar-refractivity contribution in [1.82, 2.24) is 0 Å². The molecule has 5 nitrogen and oxygen atoms in total. The summed E-state index contributed by atoms with van der Waals surface area (Å²) in [4.78, 5) is 18.6. The van der Waals surface area contributed by atoms with Crippen LogP contribution >= 0.6 is 27.7 Å². The first-order chi connectivity index (χ1) is 11.1. The predicted molar refractivity (Wildman–Crippen MR) is 102 cm³/mol. The highest BCUT2D eigenvalue weighted by atomic mass is 79.9. The lowest BCUT2D eigenvalue weighted by atomic mass is 9.96. The second-order valence-electron chi connectivity index (χ2n) is 7.10. The third-order valence-corrected chi connectivity index (χ3v) is 7.75. The molecule has 2 atom stereocenters. The van der Waals surface area contributed by atoms with E-state index in [1.54, 1.807) is 0 Å². The lowest BCUT2D eigenvalue weighted by Crippen LogP contribution is -2.38. The summed E-state index contributed by atoms with van der Waals surface area (Å²) in [5, 5.41) is 0.521. The average molecular weight is 431 g/mol. The van der Waals surface area contributed by atoms with E-state index in [1.165, 1.54) is 11.8 Å². The number of halogens is 1. The first-order valence-corrected chi connectivity index (χ1v) is 11.1. The second-order valence-corrected chi connectivity index (χ2v) is 11.4. The topological polar surface area (TPSA) is 66.8 Å². The Morgan fingerprint density at radius 3 is 2.46 bits per heavy atom. The van der Waals surface area contributed by atoms with Gasteiger partial charge in [-0.05, 0) is 24.3 Å². The minimum absolute atomic E-state index is 0.0786. The zero-order valence-corrected chi connectivity index (χ0v) is 16.9. The molecule has 8 heteroatoms. The molecule has 0 N–H and O–H groups in total. The molecule has 130 valence electrons. The van der Waals surface area contributed by atoms with Gasteiger partial charge in [0.05, 0.1) is 17.5 Å². The molecular formula is C16H19BrN2O3S2. The maximum absolute atomic E-state index is 12.3. The van der Waals surface area contributed by atoms with Crippen molar-refractivity contribution in [3.05, 3.63) is 28.7 Å². The van der Waals surface area contributed by atoms with Crippen LogP contribution in [0.3, 0.4) is 0 Å². The molecule has 2 aliphatic heterocycles. The van der Waals surface area contributed by atoms with Crippen molar-refractivity contribution >= 4 is 54.3 Å². The number of carbonyl (C=O) groups is 1. The van der Waals surface area contributed by atoms with Crippen molar-refractivity contribution in [1.29, 1.82) is 0 Å². The summed E-state index contributed by atoms with van der Waals surface area (Å²) >= 11 is 4.81. The largest absolute Gasteiger partial charge is 0.316 e. The SMILES string of the molecule is CC(C)(C)C(=O)N=C1S[C@H]2CS(=O)(=O)C[C@@H]2N1c1ccc(Br)cc1. The van der Waals surface area contributed by atoms with Crippen LogP contribution in [0, 0.1) is 5.41 Å². The van der Waals surface area contributed by atoms with Gasteiger partial charge in [0.15, 0.2) is 15.0 Å². The summed E-state index contributed by atoms with van der Waals surface area (Å²) in [5.41, 5.74) is 0.290. The standard InChI is InChI=1S/C16H19BrN2O3S2/c1-16(2,3)14(20)18-15-19(11-6-4-10(17)5-7-11)12-8-24(21,22)9-13(12)23-15/h4-7,12-13H,8-9H2,1-3H3/t12-,13-/m0/s1. The number of nitrogens with zero attached hydrogens (tertiary/aromatic N) is 2. The summed E-state index contributed by atoms with van der Waals surface area (Å²) in [5.74, 6) is 0.0385. The van der Waals surface area contributed by atoms with Crippen LogP contribution in [0.5, 0.6) is 0 Å². The molecule has 24 heavy (non-hydrogen) atoms. The average Bonchev–Trinajstić information content (AvgIpc) is 2.90. The van der Waals surface area contributed by atoms with Crippen molar-refractivity contribution in [2.75, 3.05) is 16.4 Å². The molecule has 1 aromatic carbocycles. The molecule has 0 unspecified atom stereocenters. The van der Waals surface area contributed by atoms with E-state index >= 15 is 0 Å². The van der Waals surface area contributed by atoms with Crippen molar-refractivity contribution in [2.24, 2.45) is 10.4 Å². The number of rotatable bonds is 1. The smallest absolute Gasteiger partial charge is 0.253 e. The van der Waals surface area contributed by atoms with Crippen LogP contribution in [0.4, 0.5) is 5.69 Å². The summed E-state index contributed by atoms with van der Waals surface area (Å²) in [7, 11) is -3.05. The number of carbonyl (C=O) groups excluding carboxylic acids is 1. The van der Waals surface area contributed by atoms with Gasteiger partial charge in [0.2, 0.25) is 0 Å². The number of anilines is 1. The van der Waals surface area contributed by atoms with E-state index in [0.29, 0.717) is 5.17 Å². The third kappa shape index (κ3) is 3.55. The fourth-order valence-electron chi connectivity index (χ4n) is 2.72. The highest BCUT2D eigenvalue weighted by molar-refractivity contribution is 9.10. The van der Waals surface area contributed by atoms with Crippen LogP contribution in [0.15, 0.2) is 33.7 Å². The lowest BCUT2D eigenvalue weighted by molar-refractivity contribution is -0.124. The Hall–Kier alpha value is -0.860. The number of fused-ring (bicyclic) bond motifs is 1. The molecule has 2 fully saturated rings. The van der Waals surface area contributed by atoms with E-state index in [2.05, 4.69) is 20.9 Å². The van der Waals surface area contributed by atoms with Gasteiger partial charge in [-0.3, -0.25) is 4.79 Å². The Balaban J connectivity index is 2.01. The monoisotopic (exact) mass is 430 g/mol. The number of hydrogen-bond acceptors (Lipinski definition) is 4. The number of benzene rings is 1. The number of amidine groups is 1. The van der Waals surface area contributed by atoms with Crippen LogP contribution < -0.4 is 4.90 Å². The Labute approximate surface area is 155 Å². The Morgan fingerprint density at radius 1 is 1.25 bits per heavy atom. The van der Waals surface area contributed by atoms with Gasteiger partial charge in [-0.1, -0.05) is 48.5 Å². The van der Waals surface area contributed by atoms with E-state index < -0.39 is 15.3 Å². The van der Waals surface area contributed by atoms with Gasteiger partial charge >= 0.3 is 0 Å². The van der Waals surface area contributed by atoms with Gasteiger partial charge in [-0.15, -0.1) is 0 Å². The van der Waals surface area contributed by atoms with E-state index in [0.717, 1.165) is 10.2 Å². The summed E-state index contributed by atoms with van der Waals surface area (Å²) in [6, 6.07) is 7.46. The van der Waals surface area contributed by atoms with E-state index in [9.17, 15) is 13.2 Å². The molecule has 2 saturated heterocycles. The number of amides is 1. The normalized spacial score (nSPS) is 27.5. The lowest BCUT2D eigenvalue weighted by Gasteiger charge is -2.25. The third-order valence-electron chi connectivity index (χ3n) is 4.01. The molecule has 3 rings (SSSR count). The minimum atomic E-state index is -3.05. The van der Waals surface area contributed by atoms with Crippen LogP contribution in [0.25, 0.3) is 0 Å². The van der Waals surface area contributed by atoms with Crippen molar-refractivity contribution in [3.63, 3.8) is 0 Å². The molecule has 0 aromatic heterocycles. The molecule has 0 radical (unpaired) electrons. The number of sulfone groups is 1. The van der Waals surface area contributed by atoms with Crippen molar-refractivity contribution in [2.45, 2.75) is 32.1 Å². The number of hydrogen-bond donors (Lipinski definition) is 0. The van der Waals surface area contributed by atoms with Crippen molar-refractivity contribution < 1.29 is 13.2 Å². The zero-order chi connectivity index (χ0) is 17.7. The first-order valence-electron chi connectivity index (χ1n) is 7.62. The predicted octanol–water partition coefficient (Wildman–Crippen LogP) is 3.10. The minimum Gasteiger partial charge on any atom is -0.316 e. The molecular weight excluding hydrogens is 412 g/mol. The van der Waals surface area contributed by atoms with Gasteiger partial charge in [-0.25, -0.2) is 8.42 Å².